The van der Waals surface area contributed by atoms with Gasteiger partial charge in [0.15, 0.2) is 5.78 Å². The van der Waals surface area contributed by atoms with E-state index in [-0.39, 0.29) is 11.9 Å². The summed E-state index contributed by atoms with van der Waals surface area (Å²) in [4.78, 5) is 10.9. The fraction of sp³-hybridized carbons (Fsp3) is 0.375. The van der Waals surface area contributed by atoms with Crippen LogP contribution in [0.3, 0.4) is 0 Å². The predicted octanol–water partition coefficient (Wildman–Crippen LogP) is 1.09. The van der Waals surface area contributed by atoms with Gasteiger partial charge in [0.25, 0.3) is 0 Å². The highest BCUT2D eigenvalue weighted by Gasteiger charge is 2.13. The van der Waals surface area contributed by atoms with Crippen LogP contribution in [0.2, 0.25) is 0 Å². The summed E-state index contributed by atoms with van der Waals surface area (Å²) in [6.07, 6.45) is 6.49. The molecule has 1 atom stereocenters. The minimum absolute atomic E-state index is 0.0318. The summed E-state index contributed by atoms with van der Waals surface area (Å²) in [5.41, 5.74) is 0. The van der Waals surface area contributed by atoms with Crippen molar-refractivity contribution in [2.45, 2.75) is 13.0 Å². The van der Waals surface area contributed by atoms with Crippen molar-refractivity contribution < 1.29 is 9.53 Å². The van der Waals surface area contributed by atoms with E-state index in [0.717, 1.165) is 0 Å². The number of rotatable bonds is 2. The number of carbonyl (C=O) groups excluding carboxylic acids is 1. The summed E-state index contributed by atoms with van der Waals surface area (Å²) in [7, 11) is 0. The highest BCUT2D eigenvalue weighted by atomic mass is 16.5. The van der Waals surface area contributed by atoms with Crippen molar-refractivity contribution in [2.24, 2.45) is 0 Å². The molecular formula is C8H10O2. The topological polar surface area (TPSA) is 26.3 Å². The van der Waals surface area contributed by atoms with Crippen molar-refractivity contribution in [1.82, 2.24) is 0 Å². The summed E-state index contributed by atoms with van der Waals surface area (Å²) in [5, 5.41) is 0. The molecule has 1 aliphatic rings. The van der Waals surface area contributed by atoms with Gasteiger partial charge in [0.2, 0.25) is 0 Å². The molecule has 0 N–H and O–H groups in total. The Hall–Kier alpha value is -0.890. The van der Waals surface area contributed by atoms with Gasteiger partial charge < -0.3 is 4.74 Å². The molecule has 10 heavy (non-hydrogen) atoms. The Labute approximate surface area is 60.2 Å². The summed E-state index contributed by atoms with van der Waals surface area (Å²) < 4.78 is 5.11. The minimum Gasteiger partial charge on any atom is -0.366 e. The van der Waals surface area contributed by atoms with Crippen LogP contribution in [-0.4, -0.2) is 18.5 Å². The Morgan fingerprint density at radius 3 is 3.00 bits per heavy atom. The van der Waals surface area contributed by atoms with Gasteiger partial charge in [0.1, 0.15) is 6.10 Å². The maximum Gasteiger partial charge on any atom is 0.188 e. The van der Waals surface area contributed by atoms with Gasteiger partial charge in [-0.15, -0.1) is 0 Å². The van der Waals surface area contributed by atoms with Gasteiger partial charge in [-0.1, -0.05) is 12.2 Å². The normalized spacial score (nSPS) is 23.7. The average molecular weight is 138 g/mol. The molecule has 0 aromatic carbocycles. The van der Waals surface area contributed by atoms with Crippen LogP contribution in [0.15, 0.2) is 24.3 Å². The summed E-state index contributed by atoms with van der Waals surface area (Å²) in [6, 6.07) is 0. The molecule has 2 heteroatoms. The molecule has 2 nitrogen and oxygen atoms in total. The van der Waals surface area contributed by atoms with E-state index in [1.807, 2.05) is 13.0 Å². The van der Waals surface area contributed by atoms with Crippen molar-refractivity contribution in [1.29, 1.82) is 0 Å². The van der Waals surface area contributed by atoms with Crippen LogP contribution in [0.1, 0.15) is 6.92 Å². The number of carbonyl (C=O) groups is 1. The first-order valence-corrected chi connectivity index (χ1v) is 3.35. The zero-order valence-electron chi connectivity index (χ0n) is 5.91. The molecule has 0 amide bonds. The first-order chi connectivity index (χ1) is 4.84. The molecular weight excluding hydrogens is 128 g/mol. The zero-order chi connectivity index (χ0) is 7.40. The van der Waals surface area contributed by atoms with Gasteiger partial charge in [0, 0.05) is 6.61 Å². The molecule has 0 heterocycles. The van der Waals surface area contributed by atoms with Crippen LogP contribution in [0.25, 0.3) is 0 Å². The molecule has 0 fully saturated rings. The Balaban J connectivity index is 2.53. The van der Waals surface area contributed by atoms with E-state index in [4.69, 9.17) is 4.74 Å². The summed E-state index contributed by atoms with van der Waals surface area (Å²) in [5.74, 6) is 0.0318. The van der Waals surface area contributed by atoms with E-state index in [1.165, 1.54) is 6.08 Å². The van der Waals surface area contributed by atoms with E-state index in [9.17, 15) is 4.79 Å². The molecule has 0 aliphatic heterocycles. The smallest absolute Gasteiger partial charge is 0.188 e. The van der Waals surface area contributed by atoms with Crippen LogP contribution in [0.5, 0.6) is 0 Å². The highest BCUT2D eigenvalue weighted by molar-refractivity contribution is 5.96. The third-order valence-corrected chi connectivity index (χ3v) is 1.28. The van der Waals surface area contributed by atoms with E-state index < -0.39 is 0 Å². The lowest BCUT2D eigenvalue weighted by atomic mass is 10.1. The van der Waals surface area contributed by atoms with Crippen molar-refractivity contribution in [3.63, 3.8) is 0 Å². The van der Waals surface area contributed by atoms with E-state index in [1.54, 1.807) is 12.2 Å². The molecule has 0 aromatic heterocycles. The van der Waals surface area contributed by atoms with Crippen molar-refractivity contribution in [2.75, 3.05) is 6.61 Å². The van der Waals surface area contributed by atoms with E-state index in [2.05, 4.69) is 0 Å². The number of hydrogen-bond acceptors (Lipinski definition) is 2. The molecule has 0 bridgehead atoms. The van der Waals surface area contributed by atoms with Crippen LogP contribution >= 0.6 is 0 Å². The van der Waals surface area contributed by atoms with Crippen LogP contribution in [0, 0.1) is 0 Å². The number of ether oxygens (including phenoxy) is 1. The molecule has 0 saturated heterocycles. The van der Waals surface area contributed by atoms with E-state index in [0.29, 0.717) is 6.61 Å². The SMILES string of the molecule is CCOC1C=CC=CC1=O. The molecule has 0 aromatic rings. The standard InChI is InChI=1S/C8H10O2/c1-2-10-8-6-4-3-5-7(8)9/h3-6,8H,2H2,1H3. The van der Waals surface area contributed by atoms with Gasteiger partial charge in [-0.2, -0.15) is 0 Å². The fourth-order valence-electron chi connectivity index (χ4n) is 0.822. The molecule has 1 unspecified atom stereocenters. The molecule has 0 spiro atoms. The third-order valence-electron chi connectivity index (χ3n) is 1.28. The Kier molecular flexibility index (Phi) is 2.40. The molecule has 1 aliphatic carbocycles. The largest absolute Gasteiger partial charge is 0.366 e. The number of allylic oxidation sites excluding steroid dienone is 2. The zero-order valence-corrected chi connectivity index (χ0v) is 5.91. The van der Waals surface area contributed by atoms with Crippen LogP contribution in [-0.2, 0) is 9.53 Å². The third kappa shape index (κ3) is 1.54. The monoisotopic (exact) mass is 138 g/mol. The summed E-state index contributed by atoms with van der Waals surface area (Å²) in [6.45, 7) is 2.45. The summed E-state index contributed by atoms with van der Waals surface area (Å²) >= 11 is 0. The lowest BCUT2D eigenvalue weighted by Crippen LogP contribution is -2.21. The highest BCUT2D eigenvalue weighted by Crippen LogP contribution is 2.02. The lowest BCUT2D eigenvalue weighted by molar-refractivity contribution is -0.122. The molecule has 0 saturated carbocycles. The van der Waals surface area contributed by atoms with Crippen LogP contribution in [0.4, 0.5) is 0 Å². The average Bonchev–Trinajstić information content (AvgIpc) is 1.94. The fourth-order valence-corrected chi connectivity index (χ4v) is 0.822. The van der Waals surface area contributed by atoms with Crippen LogP contribution < -0.4 is 0 Å². The van der Waals surface area contributed by atoms with Gasteiger partial charge in [-0.05, 0) is 19.1 Å². The van der Waals surface area contributed by atoms with Gasteiger partial charge >= 0.3 is 0 Å². The molecule has 54 valence electrons. The minimum atomic E-state index is -0.338. The Morgan fingerprint density at radius 2 is 2.40 bits per heavy atom. The Bertz CT molecular complexity index is 180. The Morgan fingerprint density at radius 1 is 1.60 bits per heavy atom. The predicted molar refractivity (Wildman–Crippen MR) is 38.7 cm³/mol. The lowest BCUT2D eigenvalue weighted by Gasteiger charge is -2.10. The van der Waals surface area contributed by atoms with Gasteiger partial charge in [-0.3, -0.25) is 4.79 Å². The quantitative estimate of drug-likeness (QED) is 0.571. The second kappa shape index (κ2) is 3.32. The number of ketones is 1. The second-order valence-corrected chi connectivity index (χ2v) is 2.02. The van der Waals surface area contributed by atoms with Crippen molar-refractivity contribution in [3.05, 3.63) is 24.3 Å². The van der Waals surface area contributed by atoms with Crippen molar-refractivity contribution in [3.8, 4) is 0 Å². The molecule has 1 rings (SSSR count). The van der Waals surface area contributed by atoms with Gasteiger partial charge in [0.05, 0.1) is 0 Å². The second-order valence-electron chi connectivity index (χ2n) is 2.02. The van der Waals surface area contributed by atoms with Gasteiger partial charge in [-0.25, -0.2) is 0 Å². The van der Waals surface area contributed by atoms with Crippen molar-refractivity contribution >= 4 is 5.78 Å². The maximum absolute atomic E-state index is 10.9. The molecule has 0 radical (unpaired) electrons. The maximum atomic E-state index is 10.9. The number of hydrogen-bond donors (Lipinski definition) is 0. The first-order valence-electron chi connectivity index (χ1n) is 3.35. The first kappa shape index (κ1) is 7.22. The van der Waals surface area contributed by atoms with E-state index >= 15 is 0 Å².